The zero-order valence-corrected chi connectivity index (χ0v) is 13.8. The van der Waals surface area contributed by atoms with Gasteiger partial charge in [-0.3, -0.25) is 9.59 Å². The fourth-order valence-corrected chi connectivity index (χ4v) is 3.55. The molecular formula is C20H16F2N2O2. The van der Waals surface area contributed by atoms with Crippen LogP contribution >= 0.6 is 0 Å². The minimum absolute atomic E-state index is 0.0186. The van der Waals surface area contributed by atoms with Crippen molar-refractivity contribution in [2.45, 2.75) is 18.9 Å². The van der Waals surface area contributed by atoms with Gasteiger partial charge < -0.3 is 9.88 Å². The predicted octanol–water partition coefficient (Wildman–Crippen LogP) is 3.32. The Morgan fingerprint density at radius 1 is 1.08 bits per heavy atom. The Balaban J connectivity index is 1.66. The highest BCUT2D eigenvalue weighted by Crippen LogP contribution is 2.30. The smallest absolute Gasteiger partial charge is 0.248 e. The Hall–Kier alpha value is -3.02. The van der Waals surface area contributed by atoms with Gasteiger partial charge in [0.05, 0.1) is 5.52 Å². The summed E-state index contributed by atoms with van der Waals surface area (Å²) in [5.41, 5.74) is 0.902. The zero-order chi connectivity index (χ0) is 18.3. The second-order valence-electron chi connectivity index (χ2n) is 6.53. The van der Waals surface area contributed by atoms with Gasteiger partial charge in [-0.1, -0.05) is 30.3 Å². The molecule has 1 saturated heterocycles. The number of rotatable bonds is 3. The van der Waals surface area contributed by atoms with Crippen LogP contribution < -0.4 is 5.56 Å². The molecule has 1 fully saturated rings. The molecule has 0 bridgehead atoms. The number of carbonyl (C=O) groups excluding carboxylic acids is 1. The van der Waals surface area contributed by atoms with Gasteiger partial charge in [0.1, 0.15) is 0 Å². The van der Waals surface area contributed by atoms with Gasteiger partial charge in [0.15, 0.2) is 11.6 Å². The maximum Gasteiger partial charge on any atom is 0.248 e. The van der Waals surface area contributed by atoms with Crippen molar-refractivity contribution in [1.29, 1.82) is 0 Å². The maximum absolute atomic E-state index is 14.0. The summed E-state index contributed by atoms with van der Waals surface area (Å²) in [6.45, 7) is 0.717. The van der Waals surface area contributed by atoms with Crippen LogP contribution in [0.25, 0.3) is 10.9 Å². The molecule has 0 spiro atoms. The van der Waals surface area contributed by atoms with Crippen molar-refractivity contribution in [3.8, 4) is 0 Å². The molecule has 3 aromatic rings. The number of fused-ring (bicyclic) bond motifs is 1. The lowest BCUT2D eigenvalue weighted by atomic mass is 9.98. The molecule has 0 saturated carbocycles. The summed E-state index contributed by atoms with van der Waals surface area (Å²) in [5, 5.41) is 0.402. The molecule has 132 valence electrons. The third-order valence-corrected chi connectivity index (χ3v) is 4.84. The van der Waals surface area contributed by atoms with E-state index >= 15 is 0 Å². The summed E-state index contributed by atoms with van der Waals surface area (Å²) >= 11 is 0. The van der Waals surface area contributed by atoms with Gasteiger partial charge in [0.2, 0.25) is 11.5 Å². The fraction of sp³-hybridized carbons (Fsp3) is 0.200. The maximum atomic E-state index is 14.0. The summed E-state index contributed by atoms with van der Waals surface area (Å²) in [4.78, 5) is 28.3. The second-order valence-corrected chi connectivity index (χ2v) is 6.53. The topological polar surface area (TPSA) is 53.2 Å². The Bertz CT molecular complexity index is 1050. The van der Waals surface area contributed by atoms with E-state index in [1.807, 2.05) is 30.3 Å². The van der Waals surface area contributed by atoms with Crippen molar-refractivity contribution in [1.82, 2.24) is 9.88 Å². The van der Waals surface area contributed by atoms with Gasteiger partial charge in [-0.15, -0.1) is 0 Å². The molecule has 2 aromatic carbocycles. The van der Waals surface area contributed by atoms with Crippen LogP contribution in [0, 0.1) is 11.6 Å². The summed E-state index contributed by atoms with van der Waals surface area (Å²) in [6, 6.07) is 13.6. The lowest BCUT2D eigenvalue weighted by Gasteiger charge is -2.18. The van der Waals surface area contributed by atoms with Gasteiger partial charge in [-0.2, -0.15) is 0 Å². The van der Waals surface area contributed by atoms with Crippen LogP contribution in [0.15, 0.2) is 53.3 Å². The molecular weight excluding hydrogens is 338 g/mol. The normalized spacial score (nSPS) is 17.2. The van der Waals surface area contributed by atoms with Crippen molar-refractivity contribution in [2.24, 2.45) is 0 Å². The number of hydrogen-bond acceptors (Lipinski definition) is 2. The molecule has 26 heavy (non-hydrogen) atoms. The molecule has 0 radical (unpaired) electrons. The molecule has 1 aliphatic rings. The van der Waals surface area contributed by atoms with E-state index < -0.39 is 17.2 Å². The van der Waals surface area contributed by atoms with Gasteiger partial charge in [-0.25, -0.2) is 8.78 Å². The van der Waals surface area contributed by atoms with Crippen molar-refractivity contribution in [2.75, 3.05) is 6.54 Å². The highest BCUT2D eigenvalue weighted by Gasteiger charge is 2.30. The number of nitrogens with one attached hydrogen (secondary N) is 1. The minimum atomic E-state index is -1.09. The van der Waals surface area contributed by atoms with Gasteiger partial charge in [0, 0.05) is 36.9 Å². The van der Waals surface area contributed by atoms with E-state index in [0.29, 0.717) is 23.9 Å². The first-order valence-electron chi connectivity index (χ1n) is 8.35. The molecule has 1 amide bonds. The number of H-pyrrole nitrogens is 1. The average Bonchev–Trinajstić information content (AvgIpc) is 3.00. The standard InChI is InChI=1S/C20H16F2N2O2/c21-16-7-6-15-14(8-17(25)23-20(15)19(16)22)11-24-10-13(9-18(24)26)12-4-2-1-3-5-12/h1-8,13H,9-11H2,(H,23,25). The van der Waals surface area contributed by atoms with Gasteiger partial charge >= 0.3 is 0 Å². The number of pyridine rings is 1. The fourth-order valence-electron chi connectivity index (χ4n) is 3.55. The summed E-state index contributed by atoms with van der Waals surface area (Å²) in [5.74, 6) is -2.04. The highest BCUT2D eigenvalue weighted by atomic mass is 19.2. The third-order valence-electron chi connectivity index (χ3n) is 4.84. The van der Waals surface area contributed by atoms with Gasteiger partial charge in [-0.05, 0) is 23.3 Å². The summed E-state index contributed by atoms with van der Waals surface area (Å²) in [7, 11) is 0. The van der Waals surface area contributed by atoms with Crippen molar-refractivity contribution in [3.05, 3.63) is 81.6 Å². The molecule has 1 atom stereocenters. The quantitative estimate of drug-likeness (QED) is 0.784. The lowest BCUT2D eigenvalue weighted by Crippen LogP contribution is -2.25. The number of carbonyl (C=O) groups is 1. The van der Waals surface area contributed by atoms with Crippen LogP contribution in [0.2, 0.25) is 0 Å². The van der Waals surface area contributed by atoms with E-state index in [1.165, 1.54) is 12.1 Å². The van der Waals surface area contributed by atoms with E-state index in [0.717, 1.165) is 11.6 Å². The number of benzene rings is 2. The van der Waals surface area contributed by atoms with E-state index in [4.69, 9.17) is 0 Å². The number of halogens is 2. The molecule has 1 aromatic heterocycles. The van der Waals surface area contributed by atoms with Crippen LogP contribution in [-0.2, 0) is 11.3 Å². The van der Waals surface area contributed by atoms with Crippen LogP contribution in [-0.4, -0.2) is 22.3 Å². The van der Waals surface area contributed by atoms with E-state index in [9.17, 15) is 18.4 Å². The summed E-state index contributed by atoms with van der Waals surface area (Å²) in [6.07, 6.45) is 0.397. The van der Waals surface area contributed by atoms with Crippen molar-refractivity contribution in [3.63, 3.8) is 0 Å². The molecule has 1 unspecified atom stereocenters. The Labute approximate surface area is 148 Å². The van der Waals surface area contributed by atoms with Crippen LogP contribution in [0.3, 0.4) is 0 Å². The van der Waals surface area contributed by atoms with E-state index in [1.54, 1.807) is 4.90 Å². The Morgan fingerprint density at radius 2 is 1.85 bits per heavy atom. The van der Waals surface area contributed by atoms with Gasteiger partial charge in [0.25, 0.3) is 0 Å². The van der Waals surface area contributed by atoms with E-state index in [2.05, 4.69) is 4.98 Å². The molecule has 0 aliphatic carbocycles. The number of nitrogens with zero attached hydrogens (tertiary/aromatic N) is 1. The van der Waals surface area contributed by atoms with Crippen LogP contribution in [0.4, 0.5) is 8.78 Å². The monoisotopic (exact) mass is 354 g/mol. The number of likely N-dealkylation sites (tertiary alicyclic amines) is 1. The second kappa shape index (κ2) is 6.37. The number of aromatic nitrogens is 1. The Kier molecular flexibility index (Phi) is 4.03. The highest BCUT2D eigenvalue weighted by molar-refractivity contribution is 5.84. The van der Waals surface area contributed by atoms with Crippen LogP contribution in [0.1, 0.15) is 23.5 Å². The first-order valence-corrected chi connectivity index (χ1v) is 8.35. The minimum Gasteiger partial charge on any atom is -0.338 e. The zero-order valence-electron chi connectivity index (χ0n) is 13.8. The molecule has 4 rings (SSSR count). The predicted molar refractivity (Wildman–Crippen MR) is 93.7 cm³/mol. The van der Waals surface area contributed by atoms with Crippen molar-refractivity contribution >= 4 is 16.8 Å². The molecule has 1 aliphatic heterocycles. The first kappa shape index (κ1) is 16.4. The largest absolute Gasteiger partial charge is 0.338 e. The average molecular weight is 354 g/mol. The number of amides is 1. The Morgan fingerprint density at radius 3 is 2.62 bits per heavy atom. The van der Waals surface area contributed by atoms with Crippen LogP contribution in [0.5, 0.6) is 0 Å². The molecule has 4 nitrogen and oxygen atoms in total. The summed E-state index contributed by atoms with van der Waals surface area (Å²) < 4.78 is 27.5. The van der Waals surface area contributed by atoms with Crippen molar-refractivity contribution < 1.29 is 13.6 Å². The lowest BCUT2D eigenvalue weighted by molar-refractivity contribution is -0.128. The number of aromatic amines is 1. The first-order chi connectivity index (χ1) is 12.5. The molecule has 6 heteroatoms. The molecule has 1 N–H and O–H groups in total. The third kappa shape index (κ3) is 2.87. The molecule has 2 heterocycles. The van der Waals surface area contributed by atoms with E-state index in [-0.39, 0.29) is 23.9 Å². The number of hydrogen-bond donors (Lipinski definition) is 1. The SMILES string of the molecule is O=C1CC(c2ccccc2)CN1Cc1cc(=O)[nH]c2c(F)c(F)ccc12.